The van der Waals surface area contributed by atoms with Gasteiger partial charge in [0.25, 0.3) is 5.91 Å². The summed E-state index contributed by atoms with van der Waals surface area (Å²) in [5.41, 5.74) is -2.82. The van der Waals surface area contributed by atoms with Gasteiger partial charge in [-0.3, -0.25) is 14.5 Å². The third kappa shape index (κ3) is 3.40. The maximum atomic E-state index is 14.1. The molecule has 0 spiro atoms. The van der Waals surface area contributed by atoms with Crippen LogP contribution in [0, 0.1) is 23.3 Å². The Kier molecular flexibility index (Phi) is 4.80. The van der Waals surface area contributed by atoms with Crippen molar-refractivity contribution >= 4 is 23.5 Å². The van der Waals surface area contributed by atoms with Crippen LogP contribution in [0.15, 0.2) is 36.4 Å². The van der Waals surface area contributed by atoms with E-state index in [9.17, 15) is 31.9 Å². The highest BCUT2D eigenvalue weighted by Crippen LogP contribution is 2.31. The second-order valence-electron chi connectivity index (χ2n) is 6.24. The van der Waals surface area contributed by atoms with Gasteiger partial charge in [-0.25, -0.2) is 22.4 Å². The van der Waals surface area contributed by atoms with Crippen LogP contribution in [0.5, 0.6) is 0 Å². The average molecular weight is 395 g/mol. The number of anilines is 1. The number of hydrogen-bond donors (Lipinski definition) is 2. The highest BCUT2D eigenvalue weighted by Gasteiger charge is 2.50. The molecule has 0 radical (unpaired) electrons. The van der Waals surface area contributed by atoms with Crippen molar-refractivity contribution in [3.63, 3.8) is 0 Å². The molecule has 1 heterocycles. The highest BCUT2D eigenvalue weighted by atomic mass is 19.1. The molecule has 3 rings (SSSR count). The van der Waals surface area contributed by atoms with Crippen molar-refractivity contribution in [3.8, 4) is 0 Å². The number of nitrogens with one attached hydrogen (secondary N) is 2. The lowest BCUT2D eigenvalue weighted by molar-refractivity contribution is -0.133. The molecule has 0 aliphatic carbocycles. The molecule has 1 fully saturated rings. The summed E-state index contributed by atoms with van der Waals surface area (Å²) < 4.78 is 54.3. The van der Waals surface area contributed by atoms with Crippen molar-refractivity contribution in [2.24, 2.45) is 0 Å². The van der Waals surface area contributed by atoms with E-state index in [0.29, 0.717) is 4.90 Å². The van der Waals surface area contributed by atoms with Gasteiger partial charge in [-0.05, 0) is 37.3 Å². The molecule has 10 heteroatoms. The second-order valence-corrected chi connectivity index (χ2v) is 6.24. The molecule has 1 aliphatic rings. The first-order valence-electron chi connectivity index (χ1n) is 7.96. The molecule has 0 bridgehead atoms. The zero-order valence-electron chi connectivity index (χ0n) is 14.4. The van der Waals surface area contributed by atoms with E-state index in [1.165, 1.54) is 0 Å². The molecule has 1 aliphatic heterocycles. The number of imide groups is 1. The Bertz CT molecular complexity index is 998. The van der Waals surface area contributed by atoms with Crippen LogP contribution in [0.25, 0.3) is 0 Å². The molecule has 1 saturated heterocycles. The summed E-state index contributed by atoms with van der Waals surface area (Å²) in [6.07, 6.45) is 0. The van der Waals surface area contributed by atoms with Crippen LogP contribution in [0.1, 0.15) is 12.5 Å². The number of rotatable bonds is 4. The first-order valence-corrected chi connectivity index (χ1v) is 7.96. The van der Waals surface area contributed by atoms with Crippen LogP contribution in [0.3, 0.4) is 0 Å². The first kappa shape index (κ1) is 19.3. The van der Waals surface area contributed by atoms with Crippen LogP contribution >= 0.6 is 0 Å². The Morgan fingerprint density at radius 2 is 1.64 bits per heavy atom. The van der Waals surface area contributed by atoms with Crippen molar-refractivity contribution in [2.75, 3.05) is 11.9 Å². The summed E-state index contributed by atoms with van der Waals surface area (Å²) in [5.74, 6) is -5.46. The lowest BCUT2D eigenvalue weighted by Crippen LogP contribution is -2.42. The Labute approximate surface area is 156 Å². The van der Waals surface area contributed by atoms with Crippen molar-refractivity contribution in [1.82, 2.24) is 10.2 Å². The average Bonchev–Trinajstić information content (AvgIpc) is 2.84. The van der Waals surface area contributed by atoms with Crippen molar-refractivity contribution < 1.29 is 31.9 Å². The fourth-order valence-corrected chi connectivity index (χ4v) is 2.83. The standard InChI is InChI=1S/C18H13F4N3O3/c1-18(11-6-9(19)2-4-12(11)21)16(27)25(17(28)24-18)8-15(26)23-14-7-10(20)3-5-13(14)22/h2-7H,8H2,1H3,(H,23,26)(H,24,28)/t18-/m0/s1. The molecular weight excluding hydrogens is 382 g/mol. The minimum atomic E-state index is -1.94. The molecule has 6 nitrogen and oxygen atoms in total. The van der Waals surface area contributed by atoms with Gasteiger partial charge in [-0.15, -0.1) is 0 Å². The van der Waals surface area contributed by atoms with Gasteiger partial charge in [0.1, 0.15) is 35.4 Å². The fraction of sp³-hybridized carbons (Fsp3) is 0.167. The number of halogens is 4. The Hall–Kier alpha value is -3.43. The van der Waals surface area contributed by atoms with E-state index in [1.54, 1.807) is 0 Å². The van der Waals surface area contributed by atoms with E-state index in [-0.39, 0.29) is 0 Å². The van der Waals surface area contributed by atoms with Gasteiger partial charge in [0.2, 0.25) is 5.91 Å². The highest BCUT2D eigenvalue weighted by molar-refractivity contribution is 6.10. The first-order chi connectivity index (χ1) is 13.1. The minimum absolute atomic E-state index is 0.412. The minimum Gasteiger partial charge on any atom is -0.322 e. The van der Waals surface area contributed by atoms with E-state index in [1.807, 2.05) is 5.32 Å². The van der Waals surface area contributed by atoms with Crippen molar-refractivity contribution in [2.45, 2.75) is 12.5 Å². The van der Waals surface area contributed by atoms with Crippen LogP contribution in [-0.4, -0.2) is 29.3 Å². The predicted octanol–water partition coefficient (Wildman–Crippen LogP) is 2.65. The summed E-state index contributed by atoms with van der Waals surface area (Å²) in [5, 5.41) is 4.27. The van der Waals surface area contributed by atoms with E-state index in [0.717, 1.165) is 43.3 Å². The van der Waals surface area contributed by atoms with Crippen molar-refractivity contribution in [1.29, 1.82) is 0 Å². The quantitative estimate of drug-likeness (QED) is 0.617. The number of nitrogens with zero attached hydrogens (tertiary/aromatic N) is 1. The van der Waals surface area contributed by atoms with Crippen molar-refractivity contribution in [3.05, 3.63) is 65.2 Å². The number of amides is 4. The molecule has 0 aromatic heterocycles. The zero-order valence-corrected chi connectivity index (χ0v) is 14.4. The molecule has 1 atom stereocenters. The number of carbonyl (C=O) groups excluding carboxylic acids is 3. The van der Waals surface area contributed by atoms with Gasteiger partial charge in [0, 0.05) is 11.6 Å². The normalized spacial score (nSPS) is 19.0. The van der Waals surface area contributed by atoms with E-state index in [2.05, 4.69) is 5.32 Å². The molecule has 2 aromatic rings. The lowest BCUT2D eigenvalue weighted by Gasteiger charge is -2.22. The topological polar surface area (TPSA) is 78.5 Å². The lowest BCUT2D eigenvalue weighted by atomic mass is 9.91. The van der Waals surface area contributed by atoms with Crippen LogP contribution in [0.4, 0.5) is 28.0 Å². The van der Waals surface area contributed by atoms with Gasteiger partial charge >= 0.3 is 6.03 Å². The Morgan fingerprint density at radius 1 is 1.04 bits per heavy atom. The van der Waals surface area contributed by atoms with Crippen LogP contribution in [0.2, 0.25) is 0 Å². The number of carbonyl (C=O) groups is 3. The molecular formula is C18H13F4N3O3. The molecule has 0 unspecified atom stereocenters. The summed E-state index contributed by atoms with van der Waals surface area (Å²) in [7, 11) is 0. The summed E-state index contributed by atoms with van der Waals surface area (Å²) in [6.45, 7) is 0.322. The van der Waals surface area contributed by atoms with Crippen LogP contribution in [-0.2, 0) is 15.1 Å². The van der Waals surface area contributed by atoms with E-state index >= 15 is 0 Å². The smallest absolute Gasteiger partial charge is 0.322 e. The van der Waals surface area contributed by atoms with Crippen LogP contribution < -0.4 is 10.6 Å². The second kappa shape index (κ2) is 6.95. The number of urea groups is 1. The third-order valence-electron chi connectivity index (χ3n) is 4.25. The zero-order chi connectivity index (χ0) is 20.6. The molecule has 2 N–H and O–H groups in total. The predicted molar refractivity (Wildman–Crippen MR) is 88.9 cm³/mol. The van der Waals surface area contributed by atoms with Gasteiger partial charge < -0.3 is 10.6 Å². The molecule has 2 aromatic carbocycles. The van der Waals surface area contributed by atoms with Gasteiger partial charge in [0.05, 0.1) is 5.69 Å². The third-order valence-corrected chi connectivity index (χ3v) is 4.25. The molecule has 0 saturated carbocycles. The largest absolute Gasteiger partial charge is 0.325 e. The van der Waals surface area contributed by atoms with Gasteiger partial charge in [-0.1, -0.05) is 0 Å². The molecule has 28 heavy (non-hydrogen) atoms. The van der Waals surface area contributed by atoms with E-state index in [4.69, 9.17) is 0 Å². The maximum Gasteiger partial charge on any atom is 0.325 e. The Balaban J connectivity index is 1.81. The maximum absolute atomic E-state index is 14.1. The molecule has 4 amide bonds. The van der Waals surface area contributed by atoms with Gasteiger partial charge in [0.15, 0.2) is 0 Å². The molecule has 146 valence electrons. The Morgan fingerprint density at radius 3 is 2.32 bits per heavy atom. The summed E-state index contributed by atoms with van der Waals surface area (Å²) in [4.78, 5) is 37.3. The number of hydrogen-bond acceptors (Lipinski definition) is 3. The summed E-state index contributed by atoms with van der Waals surface area (Å²) in [6, 6.07) is 3.76. The van der Waals surface area contributed by atoms with Gasteiger partial charge in [-0.2, -0.15) is 0 Å². The fourth-order valence-electron chi connectivity index (χ4n) is 2.83. The van der Waals surface area contributed by atoms with E-state index < -0.39 is 64.4 Å². The summed E-state index contributed by atoms with van der Waals surface area (Å²) >= 11 is 0. The monoisotopic (exact) mass is 395 g/mol. The SMILES string of the molecule is C[C@@]1(c2cc(F)ccc2F)NC(=O)N(CC(=O)Nc2cc(F)ccc2F)C1=O. The number of benzene rings is 2.